The minimum absolute atomic E-state index is 0.105. The first-order valence-corrected chi connectivity index (χ1v) is 9.64. The van der Waals surface area contributed by atoms with Gasteiger partial charge in [-0.15, -0.1) is 0 Å². The summed E-state index contributed by atoms with van der Waals surface area (Å²) in [6, 6.07) is 3.05. The molecule has 10 heteroatoms. The molecule has 4 atom stereocenters. The second-order valence-electron chi connectivity index (χ2n) is 7.88. The molecule has 1 aliphatic rings. The number of oxime groups is 1. The van der Waals surface area contributed by atoms with Crippen molar-refractivity contribution < 1.29 is 38.8 Å². The third kappa shape index (κ3) is 3.99. The molecule has 170 valence electrons. The van der Waals surface area contributed by atoms with Gasteiger partial charge in [0, 0.05) is 12.7 Å². The molecule has 0 radical (unpaired) electrons. The quantitative estimate of drug-likeness (QED) is 0.360. The highest BCUT2D eigenvalue weighted by Crippen LogP contribution is 2.36. The third-order valence-electron chi connectivity index (χ3n) is 5.38. The molecule has 1 aromatic heterocycles. The average molecular weight is 437 g/mol. The van der Waals surface area contributed by atoms with Crippen LogP contribution in [0.5, 0.6) is 11.5 Å². The van der Waals surface area contributed by atoms with E-state index in [0.29, 0.717) is 5.56 Å². The summed E-state index contributed by atoms with van der Waals surface area (Å²) in [5, 5.41) is 35.4. The number of aromatic hydroxyl groups is 1. The molecule has 2 aromatic rings. The summed E-state index contributed by atoms with van der Waals surface area (Å²) in [7, 11) is 2.74. The predicted molar refractivity (Wildman–Crippen MR) is 110 cm³/mol. The maximum Gasteiger partial charge on any atom is 0.349 e. The van der Waals surface area contributed by atoms with E-state index < -0.39 is 35.8 Å². The zero-order valence-corrected chi connectivity index (χ0v) is 18.2. The van der Waals surface area contributed by atoms with Gasteiger partial charge in [0.15, 0.2) is 0 Å². The fourth-order valence-corrected chi connectivity index (χ4v) is 3.83. The third-order valence-corrected chi connectivity index (χ3v) is 5.38. The molecule has 1 aliphatic heterocycles. The van der Waals surface area contributed by atoms with E-state index in [2.05, 4.69) is 9.99 Å². The fraction of sp³-hybridized carbons (Fsp3) is 0.524. The predicted octanol–water partition coefficient (Wildman–Crippen LogP) is 1.43. The largest absolute Gasteiger partial charge is 0.506 e. The summed E-state index contributed by atoms with van der Waals surface area (Å²) in [5.74, 6) is -0.0550. The molecule has 3 rings (SSSR count). The van der Waals surface area contributed by atoms with E-state index in [1.807, 2.05) is 0 Å². The van der Waals surface area contributed by atoms with Gasteiger partial charge in [0.1, 0.15) is 48.1 Å². The molecule has 0 bridgehead atoms. The van der Waals surface area contributed by atoms with Crippen LogP contribution in [0, 0.1) is 6.92 Å². The van der Waals surface area contributed by atoms with Gasteiger partial charge in [-0.3, -0.25) is 0 Å². The van der Waals surface area contributed by atoms with Crippen molar-refractivity contribution in [2.24, 2.45) is 5.16 Å². The molecule has 1 aromatic carbocycles. The van der Waals surface area contributed by atoms with E-state index >= 15 is 0 Å². The van der Waals surface area contributed by atoms with Crippen molar-refractivity contribution in [3.8, 4) is 11.5 Å². The van der Waals surface area contributed by atoms with E-state index in [0.717, 1.165) is 0 Å². The first kappa shape index (κ1) is 23.0. The number of nitrogens with zero attached hydrogens (tertiary/aromatic N) is 1. The van der Waals surface area contributed by atoms with Crippen LogP contribution in [0.15, 0.2) is 26.5 Å². The topological polar surface area (TPSA) is 140 Å². The first-order valence-electron chi connectivity index (χ1n) is 9.64. The van der Waals surface area contributed by atoms with Crippen molar-refractivity contribution in [2.75, 3.05) is 14.2 Å². The Morgan fingerprint density at radius 2 is 1.87 bits per heavy atom. The number of ether oxygens (including phenoxy) is 3. The average Bonchev–Trinajstić information content (AvgIpc) is 2.68. The molecule has 0 aliphatic carbocycles. The Bertz CT molecular complexity index is 1060. The summed E-state index contributed by atoms with van der Waals surface area (Å²) >= 11 is 0. The van der Waals surface area contributed by atoms with Gasteiger partial charge in [-0.2, -0.15) is 0 Å². The van der Waals surface area contributed by atoms with Crippen molar-refractivity contribution in [1.82, 2.24) is 0 Å². The Hall–Kier alpha value is -2.66. The highest BCUT2D eigenvalue weighted by atomic mass is 16.7. The molecule has 31 heavy (non-hydrogen) atoms. The molecule has 10 nitrogen and oxygen atoms in total. The van der Waals surface area contributed by atoms with Crippen LogP contribution in [-0.4, -0.2) is 65.5 Å². The highest BCUT2D eigenvalue weighted by Gasteiger charge is 2.50. The fourth-order valence-electron chi connectivity index (χ4n) is 3.83. The van der Waals surface area contributed by atoms with E-state index in [9.17, 15) is 20.1 Å². The van der Waals surface area contributed by atoms with Gasteiger partial charge in [0.05, 0.1) is 16.7 Å². The molecule has 0 spiro atoms. The highest BCUT2D eigenvalue weighted by molar-refractivity contribution is 6.04. The van der Waals surface area contributed by atoms with Gasteiger partial charge in [-0.1, -0.05) is 5.16 Å². The zero-order valence-electron chi connectivity index (χ0n) is 18.2. The SMILES string of the molecule is CON=C(C)c1c(O)c2ccc(O[C@@H]3OC(C)(C)[C@H](OC)[C@@H](O)[C@H]3O)c(C)c2oc1=O. The molecule has 1 saturated heterocycles. The Kier molecular flexibility index (Phi) is 6.28. The van der Waals surface area contributed by atoms with Crippen LogP contribution in [0.25, 0.3) is 11.0 Å². The first-order chi connectivity index (χ1) is 14.5. The summed E-state index contributed by atoms with van der Waals surface area (Å²) in [6.07, 6.45) is -4.59. The Balaban J connectivity index is 2.02. The van der Waals surface area contributed by atoms with Crippen molar-refractivity contribution in [3.05, 3.63) is 33.7 Å². The number of aliphatic hydroxyl groups excluding tert-OH is 2. The lowest BCUT2D eigenvalue weighted by atomic mass is 9.89. The van der Waals surface area contributed by atoms with Crippen LogP contribution in [0.1, 0.15) is 31.9 Å². The number of methoxy groups -OCH3 is 1. The minimum atomic E-state index is -1.39. The van der Waals surface area contributed by atoms with Crippen molar-refractivity contribution >= 4 is 16.7 Å². The number of aryl methyl sites for hydroxylation is 1. The van der Waals surface area contributed by atoms with Gasteiger partial charge >= 0.3 is 5.63 Å². The van der Waals surface area contributed by atoms with Crippen LogP contribution >= 0.6 is 0 Å². The van der Waals surface area contributed by atoms with Crippen molar-refractivity contribution in [3.63, 3.8) is 0 Å². The second-order valence-corrected chi connectivity index (χ2v) is 7.88. The number of aliphatic hydroxyl groups is 2. The van der Waals surface area contributed by atoms with Crippen LogP contribution in [-0.2, 0) is 14.3 Å². The van der Waals surface area contributed by atoms with Gasteiger partial charge in [0.2, 0.25) is 6.29 Å². The molecule has 0 unspecified atom stereocenters. The lowest BCUT2D eigenvalue weighted by Crippen LogP contribution is -2.63. The zero-order chi connectivity index (χ0) is 23.1. The monoisotopic (exact) mass is 437 g/mol. The Morgan fingerprint density at radius 1 is 1.19 bits per heavy atom. The maximum atomic E-state index is 12.5. The van der Waals surface area contributed by atoms with Gasteiger partial charge in [0.25, 0.3) is 0 Å². The summed E-state index contributed by atoms with van der Waals surface area (Å²) in [6.45, 7) is 6.56. The van der Waals surface area contributed by atoms with Crippen LogP contribution in [0.4, 0.5) is 0 Å². The van der Waals surface area contributed by atoms with E-state index in [-0.39, 0.29) is 33.7 Å². The molecular formula is C21H27NO9. The number of rotatable bonds is 5. The van der Waals surface area contributed by atoms with Gasteiger partial charge in [-0.05, 0) is 39.8 Å². The van der Waals surface area contributed by atoms with E-state index in [1.54, 1.807) is 26.8 Å². The number of hydrogen-bond donors (Lipinski definition) is 3. The lowest BCUT2D eigenvalue weighted by Gasteiger charge is -2.46. The molecule has 0 amide bonds. The maximum absolute atomic E-state index is 12.5. The van der Waals surface area contributed by atoms with Crippen molar-refractivity contribution in [2.45, 2.75) is 57.9 Å². The van der Waals surface area contributed by atoms with Gasteiger partial charge < -0.3 is 38.8 Å². The van der Waals surface area contributed by atoms with E-state index in [4.69, 9.17) is 18.6 Å². The summed E-state index contributed by atoms with van der Waals surface area (Å²) < 4.78 is 22.3. The van der Waals surface area contributed by atoms with Crippen LogP contribution in [0.2, 0.25) is 0 Å². The Morgan fingerprint density at radius 3 is 2.48 bits per heavy atom. The molecule has 0 saturated carbocycles. The summed E-state index contributed by atoms with van der Waals surface area (Å²) in [4.78, 5) is 17.1. The Labute approximate surface area is 178 Å². The standard InChI is InChI=1S/C21H27NO9/c1-9-12(29-20-16(25)15(24)18(27-5)21(3,4)31-20)8-7-11-14(23)13(10(2)22-28-6)19(26)30-17(9)11/h7-8,15-16,18,20,23-25H,1-6H3/t15-,16+,18+,20+/m0/s1. The molecule has 2 heterocycles. The lowest BCUT2D eigenvalue weighted by molar-refractivity contribution is -0.306. The number of fused-ring (bicyclic) bond motifs is 1. The van der Waals surface area contributed by atoms with Crippen LogP contribution in [0.3, 0.4) is 0 Å². The summed E-state index contributed by atoms with van der Waals surface area (Å²) in [5.41, 5.74) is -1.18. The number of benzene rings is 1. The molecule has 3 N–H and O–H groups in total. The molecular weight excluding hydrogens is 410 g/mol. The number of hydrogen-bond acceptors (Lipinski definition) is 10. The van der Waals surface area contributed by atoms with Crippen molar-refractivity contribution in [1.29, 1.82) is 0 Å². The second kappa shape index (κ2) is 8.46. The minimum Gasteiger partial charge on any atom is -0.506 e. The normalized spacial score (nSPS) is 26.1. The van der Waals surface area contributed by atoms with Gasteiger partial charge in [-0.25, -0.2) is 4.79 Å². The van der Waals surface area contributed by atoms with E-state index in [1.165, 1.54) is 27.2 Å². The molecule has 1 fully saturated rings. The smallest absolute Gasteiger partial charge is 0.349 e. The van der Waals surface area contributed by atoms with Crippen LogP contribution < -0.4 is 10.4 Å².